The number of nitrogens with one attached hydrogen (secondary N) is 1. The van der Waals surface area contributed by atoms with Crippen LogP contribution in [0.2, 0.25) is 0 Å². The molecule has 1 N–H and O–H groups in total. The van der Waals surface area contributed by atoms with Crippen LogP contribution in [0.1, 0.15) is 32.4 Å². The van der Waals surface area contributed by atoms with E-state index in [0.29, 0.717) is 17.9 Å². The van der Waals surface area contributed by atoms with Gasteiger partial charge < -0.3 is 5.32 Å². The summed E-state index contributed by atoms with van der Waals surface area (Å²) in [6, 6.07) is 10.9. The first-order valence-electron chi connectivity index (χ1n) is 6.66. The van der Waals surface area contributed by atoms with Crippen molar-refractivity contribution < 1.29 is 0 Å². The molecule has 2 atom stereocenters. The Kier molecular flexibility index (Phi) is 3.97. The number of fused-ring (bicyclic) bond motifs is 1. The molecule has 2 aromatic rings. The third-order valence-electron chi connectivity index (χ3n) is 3.89. The maximum absolute atomic E-state index is 4.55. The first kappa shape index (κ1) is 13.0. The van der Waals surface area contributed by atoms with E-state index in [0.717, 1.165) is 5.52 Å². The Hall–Kier alpha value is -1.41. The van der Waals surface area contributed by atoms with Crippen molar-refractivity contribution in [3.05, 3.63) is 42.1 Å². The molecule has 2 unspecified atom stereocenters. The Morgan fingerprint density at radius 3 is 2.44 bits per heavy atom. The van der Waals surface area contributed by atoms with Crippen molar-refractivity contribution >= 4 is 10.9 Å². The van der Waals surface area contributed by atoms with E-state index in [1.165, 1.54) is 10.9 Å². The SMILES string of the molecule is CNC(c1cccc2cccnc12)C(C)C(C)C. The van der Waals surface area contributed by atoms with Crippen LogP contribution < -0.4 is 5.32 Å². The molecule has 2 nitrogen and oxygen atoms in total. The molecule has 2 rings (SSSR count). The van der Waals surface area contributed by atoms with Crippen LogP contribution in [-0.2, 0) is 0 Å². The number of pyridine rings is 1. The van der Waals surface area contributed by atoms with Crippen molar-refractivity contribution in [1.29, 1.82) is 0 Å². The summed E-state index contributed by atoms with van der Waals surface area (Å²) >= 11 is 0. The van der Waals surface area contributed by atoms with E-state index in [2.05, 4.69) is 55.3 Å². The molecule has 2 heteroatoms. The van der Waals surface area contributed by atoms with E-state index in [-0.39, 0.29) is 0 Å². The minimum absolute atomic E-state index is 0.351. The third-order valence-corrected chi connectivity index (χ3v) is 3.89. The van der Waals surface area contributed by atoms with E-state index in [4.69, 9.17) is 0 Å². The average Bonchev–Trinajstić information content (AvgIpc) is 2.39. The summed E-state index contributed by atoms with van der Waals surface area (Å²) in [6.07, 6.45) is 1.87. The fourth-order valence-corrected chi connectivity index (χ4v) is 2.47. The van der Waals surface area contributed by atoms with Crippen molar-refractivity contribution in [1.82, 2.24) is 10.3 Å². The second-order valence-corrected chi connectivity index (χ2v) is 5.29. The van der Waals surface area contributed by atoms with E-state index in [1.54, 1.807) is 0 Å². The van der Waals surface area contributed by atoms with Gasteiger partial charge in [-0.2, -0.15) is 0 Å². The van der Waals surface area contributed by atoms with Gasteiger partial charge in [0.15, 0.2) is 0 Å². The van der Waals surface area contributed by atoms with Gasteiger partial charge in [0.05, 0.1) is 5.52 Å². The van der Waals surface area contributed by atoms with Gasteiger partial charge in [0.1, 0.15) is 0 Å². The molecule has 0 bridgehead atoms. The summed E-state index contributed by atoms with van der Waals surface area (Å²) in [5, 5.41) is 4.67. The predicted octanol–water partition coefficient (Wildman–Crippen LogP) is 3.79. The quantitative estimate of drug-likeness (QED) is 0.882. The lowest BCUT2D eigenvalue weighted by atomic mass is 9.85. The average molecular weight is 242 g/mol. The van der Waals surface area contributed by atoms with Crippen LogP contribution in [0.15, 0.2) is 36.5 Å². The van der Waals surface area contributed by atoms with E-state index >= 15 is 0 Å². The second-order valence-electron chi connectivity index (χ2n) is 5.29. The van der Waals surface area contributed by atoms with Crippen molar-refractivity contribution in [3.8, 4) is 0 Å². The highest BCUT2D eigenvalue weighted by Crippen LogP contribution is 2.31. The van der Waals surface area contributed by atoms with Gasteiger partial charge in [-0.1, -0.05) is 45.0 Å². The summed E-state index contributed by atoms with van der Waals surface area (Å²) in [5.74, 6) is 1.21. The zero-order valence-corrected chi connectivity index (χ0v) is 11.6. The number of hydrogen-bond acceptors (Lipinski definition) is 2. The van der Waals surface area contributed by atoms with Gasteiger partial charge in [-0.25, -0.2) is 0 Å². The van der Waals surface area contributed by atoms with Gasteiger partial charge in [-0.05, 0) is 30.5 Å². The molecule has 0 amide bonds. The van der Waals surface area contributed by atoms with Gasteiger partial charge >= 0.3 is 0 Å². The van der Waals surface area contributed by atoms with E-state index < -0.39 is 0 Å². The van der Waals surface area contributed by atoms with Crippen LogP contribution >= 0.6 is 0 Å². The third kappa shape index (κ3) is 2.39. The first-order chi connectivity index (χ1) is 8.65. The fraction of sp³-hybridized carbons (Fsp3) is 0.438. The van der Waals surface area contributed by atoms with Gasteiger partial charge in [0.25, 0.3) is 0 Å². The summed E-state index contributed by atoms with van der Waals surface area (Å²) in [7, 11) is 2.03. The molecule has 0 aliphatic heterocycles. The normalized spacial score (nSPS) is 14.9. The van der Waals surface area contributed by atoms with Crippen LogP contribution in [0, 0.1) is 11.8 Å². The largest absolute Gasteiger partial charge is 0.313 e. The molecule has 0 aliphatic rings. The molecular weight excluding hydrogens is 220 g/mol. The number of benzene rings is 1. The Morgan fingerprint density at radius 2 is 1.78 bits per heavy atom. The minimum Gasteiger partial charge on any atom is -0.313 e. The van der Waals surface area contributed by atoms with Crippen LogP contribution in [0.25, 0.3) is 10.9 Å². The lowest BCUT2D eigenvalue weighted by Gasteiger charge is -2.27. The smallest absolute Gasteiger partial charge is 0.0749 e. The Bertz CT molecular complexity index is 514. The number of para-hydroxylation sites is 1. The van der Waals surface area contributed by atoms with E-state index in [9.17, 15) is 0 Å². The number of rotatable bonds is 4. The highest BCUT2D eigenvalue weighted by atomic mass is 14.9. The predicted molar refractivity (Wildman–Crippen MR) is 77.5 cm³/mol. The zero-order chi connectivity index (χ0) is 13.1. The molecule has 0 saturated heterocycles. The first-order valence-corrected chi connectivity index (χ1v) is 6.66. The molecular formula is C16H22N2. The standard InChI is InChI=1S/C16H22N2/c1-11(2)12(3)15(17-4)14-9-5-7-13-8-6-10-18-16(13)14/h5-12,15,17H,1-4H3. The minimum atomic E-state index is 0.351. The van der Waals surface area contributed by atoms with Crippen LogP contribution in [-0.4, -0.2) is 12.0 Å². The van der Waals surface area contributed by atoms with Gasteiger partial charge in [0.2, 0.25) is 0 Å². The van der Waals surface area contributed by atoms with E-state index in [1.807, 2.05) is 19.3 Å². The molecule has 1 aromatic carbocycles. The molecule has 96 valence electrons. The Morgan fingerprint density at radius 1 is 1.06 bits per heavy atom. The number of nitrogens with zero attached hydrogens (tertiary/aromatic N) is 1. The highest BCUT2D eigenvalue weighted by Gasteiger charge is 2.22. The Labute approximate surface area is 109 Å². The van der Waals surface area contributed by atoms with Gasteiger partial charge in [-0.3, -0.25) is 4.98 Å². The topological polar surface area (TPSA) is 24.9 Å². The van der Waals surface area contributed by atoms with Crippen LogP contribution in [0.3, 0.4) is 0 Å². The lowest BCUT2D eigenvalue weighted by molar-refractivity contribution is 0.318. The van der Waals surface area contributed by atoms with Crippen molar-refractivity contribution in [3.63, 3.8) is 0 Å². The molecule has 1 heterocycles. The maximum Gasteiger partial charge on any atom is 0.0749 e. The summed E-state index contributed by atoms with van der Waals surface area (Å²) in [4.78, 5) is 4.55. The Balaban J connectivity index is 2.51. The van der Waals surface area contributed by atoms with Crippen LogP contribution in [0.5, 0.6) is 0 Å². The maximum atomic E-state index is 4.55. The molecule has 0 radical (unpaired) electrons. The number of hydrogen-bond donors (Lipinski definition) is 1. The monoisotopic (exact) mass is 242 g/mol. The van der Waals surface area contributed by atoms with Crippen LogP contribution in [0.4, 0.5) is 0 Å². The fourth-order valence-electron chi connectivity index (χ4n) is 2.47. The number of aromatic nitrogens is 1. The van der Waals surface area contributed by atoms with Crippen molar-refractivity contribution in [2.75, 3.05) is 7.05 Å². The van der Waals surface area contributed by atoms with Gasteiger partial charge in [-0.15, -0.1) is 0 Å². The highest BCUT2D eigenvalue weighted by molar-refractivity contribution is 5.82. The molecule has 0 saturated carbocycles. The molecule has 0 aliphatic carbocycles. The molecule has 1 aromatic heterocycles. The summed E-state index contributed by atoms with van der Waals surface area (Å²) < 4.78 is 0. The summed E-state index contributed by atoms with van der Waals surface area (Å²) in [6.45, 7) is 6.84. The summed E-state index contributed by atoms with van der Waals surface area (Å²) in [5.41, 5.74) is 2.42. The second kappa shape index (κ2) is 5.49. The zero-order valence-electron chi connectivity index (χ0n) is 11.6. The van der Waals surface area contributed by atoms with Crippen molar-refractivity contribution in [2.45, 2.75) is 26.8 Å². The van der Waals surface area contributed by atoms with Crippen molar-refractivity contribution in [2.24, 2.45) is 11.8 Å². The molecule has 0 spiro atoms. The molecule has 18 heavy (non-hydrogen) atoms. The molecule has 0 fully saturated rings. The van der Waals surface area contributed by atoms with Gasteiger partial charge in [0, 0.05) is 17.6 Å². The lowest BCUT2D eigenvalue weighted by Crippen LogP contribution is -2.27.